The topological polar surface area (TPSA) is 71.0 Å². The lowest BCUT2D eigenvalue weighted by Crippen LogP contribution is -2.42. The molecule has 2 aromatic heterocycles. The molecule has 2 aromatic rings. The van der Waals surface area contributed by atoms with Gasteiger partial charge in [-0.3, -0.25) is 9.89 Å². The van der Waals surface area contributed by atoms with Crippen molar-refractivity contribution in [1.82, 2.24) is 20.5 Å². The first-order chi connectivity index (χ1) is 14.3. The monoisotopic (exact) mass is 545 g/mol. The highest BCUT2D eigenvalue weighted by Gasteiger charge is 2.24. The number of aromatic nitrogens is 1. The number of thiophene rings is 1. The summed E-state index contributed by atoms with van der Waals surface area (Å²) in [6.45, 7) is 4.75. The number of nitrogens with zero attached hydrogens (tertiary/aromatic N) is 3. The molecule has 1 aliphatic heterocycles. The maximum absolute atomic E-state index is 5.72. The summed E-state index contributed by atoms with van der Waals surface area (Å²) in [5, 5.41) is 9.03. The number of halogens is 1. The van der Waals surface area contributed by atoms with Crippen LogP contribution in [-0.4, -0.2) is 62.8 Å². The van der Waals surface area contributed by atoms with Crippen LogP contribution in [0.3, 0.4) is 0 Å². The third-order valence-electron chi connectivity index (χ3n) is 4.96. The first kappa shape index (κ1) is 24.8. The summed E-state index contributed by atoms with van der Waals surface area (Å²) in [5.41, 5.74) is 0.987. The molecule has 9 heteroatoms. The molecule has 1 unspecified atom stereocenters. The summed E-state index contributed by atoms with van der Waals surface area (Å²) in [4.78, 5) is 12.7. The molecule has 3 heterocycles. The molecule has 0 bridgehead atoms. The number of nitrogens with one attached hydrogen (secondary N) is 2. The van der Waals surface area contributed by atoms with Gasteiger partial charge in [-0.1, -0.05) is 12.1 Å². The van der Waals surface area contributed by atoms with Crippen LogP contribution in [0.5, 0.6) is 5.88 Å². The number of methoxy groups -OCH3 is 1. The number of hydrogen-bond donors (Lipinski definition) is 2. The van der Waals surface area contributed by atoms with Gasteiger partial charge in [0.1, 0.15) is 6.61 Å². The molecule has 0 radical (unpaired) electrons. The van der Waals surface area contributed by atoms with E-state index in [-0.39, 0.29) is 24.0 Å². The Morgan fingerprint density at radius 2 is 2.07 bits per heavy atom. The van der Waals surface area contributed by atoms with E-state index in [2.05, 4.69) is 43.0 Å². The van der Waals surface area contributed by atoms with Gasteiger partial charge in [-0.15, -0.1) is 35.3 Å². The van der Waals surface area contributed by atoms with Gasteiger partial charge in [-0.25, -0.2) is 4.98 Å². The van der Waals surface area contributed by atoms with E-state index in [1.54, 1.807) is 20.4 Å². The number of likely N-dealkylation sites (tertiary alicyclic amines) is 1. The van der Waals surface area contributed by atoms with Crippen molar-refractivity contribution in [2.45, 2.75) is 25.4 Å². The van der Waals surface area contributed by atoms with Gasteiger partial charge in [-0.05, 0) is 43.4 Å². The van der Waals surface area contributed by atoms with Gasteiger partial charge in [0.15, 0.2) is 5.96 Å². The van der Waals surface area contributed by atoms with E-state index in [1.807, 2.05) is 23.5 Å². The second-order valence-electron chi connectivity index (χ2n) is 6.89. The van der Waals surface area contributed by atoms with Crippen molar-refractivity contribution in [2.75, 3.05) is 47.0 Å². The molecule has 2 N–H and O–H groups in total. The number of guanidine groups is 1. The zero-order valence-corrected chi connectivity index (χ0v) is 20.8. The van der Waals surface area contributed by atoms with Gasteiger partial charge in [0.2, 0.25) is 5.88 Å². The SMILES string of the molecule is CN=C(NCc1cccnc1OCCOC)NCC(c1cccs1)N1CCCC1.I. The fourth-order valence-corrected chi connectivity index (χ4v) is 4.31. The Hall–Kier alpha value is -1.43. The molecule has 3 rings (SSSR count). The lowest BCUT2D eigenvalue weighted by Gasteiger charge is -2.27. The van der Waals surface area contributed by atoms with Crippen molar-refractivity contribution in [3.63, 3.8) is 0 Å². The van der Waals surface area contributed by atoms with Crippen LogP contribution in [0.1, 0.15) is 29.3 Å². The van der Waals surface area contributed by atoms with Crippen LogP contribution < -0.4 is 15.4 Å². The molecule has 1 aliphatic rings. The Kier molecular flexibility index (Phi) is 11.4. The van der Waals surface area contributed by atoms with Gasteiger partial charge in [0, 0.05) is 43.9 Å². The van der Waals surface area contributed by atoms with E-state index in [1.165, 1.54) is 17.7 Å². The minimum atomic E-state index is 0. The van der Waals surface area contributed by atoms with Gasteiger partial charge in [0.25, 0.3) is 0 Å². The summed E-state index contributed by atoms with van der Waals surface area (Å²) < 4.78 is 10.8. The molecule has 7 nitrogen and oxygen atoms in total. The fourth-order valence-electron chi connectivity index (χ4n) is 3.45. The molecule has 0 amide bonds. The quantitative estimate of drug-likeness (QED) is 0.207. The number of pyridine rings is 1. The molecule has 1 atom stereocenters. The lowest BCUT2D eigenvalue weighted by atomic mass is 10.2. The number of ether oxygens (including phenoxy) is 2. The van der Waals surface area contributed by atoms with Gasteiger partial charge in [-0.2, -0.15) is 0 Å². The molecule has 166 valence electrons. The van der Waals surface area contributed by atoms with Gasteiger partial charge >= 0.3 is 0 Å². The Labute approximate surface area is 200 Å². The Bertz CT molecular complexity index is 754. The number of aliphatic imine (C=N–C) groups is 1. The predicted octanol–water partition coefficient (Wildman–Crippen LogP) is 3.29. The first-order valence-corrected chi connectivity index (χ1v) is 11.0. The second kappa shape index (κ2) is 13.8. The average Bonchev–Trinajstić information content (AvgIpc) is 3.46. The van der Waals surface area contributed by atoms with E-state index in [0.717, 1.165) is 31.2 Å². The van der Waals surface area contributed by atoms with Crippen molar-refractivity contribution in [3.8, 4) is 5.88 Å². The number of hydrogen-bond acceptors (Lipinski definition) is 6. The molecule has 1 saturated heterocycles. The average molecular weight is 545 g/mol. The molecule has 0 spiro atoms. The van der Waals surface area contributed by atoms with E-state index in [9.17, 15) is 0 Å². The molecular weight excluding hydrogens is 513 g/mol. The third-order valence-corrected chi connectivity index (χ3v) is 5.94. The van der Waals surface area contributed by atoms with Crippen LogP contribution in [0, 0.1) is 0 Å². The van der Waals surface area contributed by atoms with Crippen LogP contribution in [0.4, 0.5) is 0 Å². The van der Waals surface area contributed by atoms with Crippen LogP contribution in [0.15, 0.2) is 40.8 Å². The second-order valence-corrected chi connectivity index (χ2v) is 7.87. The van der Waals surface area contributed by atoms with Crippen LogP contribution in [0.2, 0.25) is 0 Å². The smallest absolute Gasteiger partial charge is 0.218 e. The molecule has 0 aromatic carbocycles. The zero-order valence-electron chi connectivity index (χ0n) is 17.7. The van der Waals surface area contributed by atoms with Crippen LogP contribution in [-0.2, 0) is 11.3 Å². The maximum Gasteiger partial charge on any atom is 0.218 e. The van der Waals surface area contributed by atoms with Crippen molar-refractivity contribution in [3.05, 3.63) is 46.3 Å². The van der Waals surface area contributed by atoms with E-state index in [0.29, 0.717) is 31.7 Å². The maximum atomic E-state index is 5.72. The normalized spacial score (nSPS) is 15.5. The Balaban J connectivity index is 0.00000320. The van der Waals surface area contributed by atoms with Crippen molar-refractivity contribution < 1.29 is 9.47 Å². The van der Waals surface area contributed by atoms with Crippen LogP contribution in [0.25, 0.3) is 0 Å². The number of rotatable bonds is 10. The highest BCUT2D eigenvalue weighted by Crippen LogP contribution is 2.27. The third kappa shape index (κ3) is 7.36. The summed E-state index contributed by atoms with van der Waals surface area (Å²) in [6, 6.07) is 8.65. The van der Waals surface area contributed by atoms with Crippen molar-refractivity contribution >= 4 is 41.3 Å². The minimum Gasteiger partial charge on any atom is -0.475 e. The summed E-state index contributed by atoms with van der Waals surface area (Å²) in [6.07, 6.45) is 4.30. The van der Waals surface area contributed by atoms with E-state index < -0.39 is 0 Å². The predicted molar refractivity (Wildman–Crippen MR) is 133 cm³/mol. The minimum absolute atomic E-state index is 0. The molecular formula is C21H32IN5O2S. The largest absolute Gasteiger partial charge is 0.475 e. The van der Waals surface area contributed by atoms with Crippen molar-refractivity contribution in [1.29, 1.82) is 0 Å². The van der Waals surface area contributed by atoms with Gasteiger partial charge < -0.3 is 20.1 Å². The zero-order chi connectivity index (χ0) is 20.3. The summed E-state index contributed by atoms with van der Waals surface area (Å²) in [5.74, 6) is 1.40. The first-order valence-electron chi connectivity index (χ1n) is 10.1. The highest BCUT2D eigenvalue weighted by molar-refractivity contribution is 14.0. The molecule has 1 fully saturated rings. The highest BCUT2D eigenvalue weighted by atomic mass is 127. The van der Waals surface area contributed by atoms with Crippen LogP contribution >= 0.6 is 35.3 Å². The fraction of sp³-hybridized carbons (Fsp3) is 0.524. The molecule has 0 aliphatic carbocycles. The Morgan fingerprint density at radius 1 is 1.23 bits per heavy atom. The van der Waals surface area contributed by atoms with Crippen molar-refractivity contribution in [2.24, 2.45) is 4.99 Å². The van der Waals surface area contributed by atoms with E-state index in [4.69, 9.17) is 9.47 Å². The molecule has 30 heavy (non-hydrogen) atoms. The molecule has 0 saturated carbocycles. The standard InChI is InChI=1S/C21H31N5O2S.HI/c1-22-21(24-15-17-7-5-9-23-20(17)28-13-12-27-2)25-16-18(19-8-6-14-29-19)26-10-3-4-11-26;/h5-9,14,18H,3-4,10-13,15-16H2,1-2H3,(H2,22,24,25);1H. The summed E-state index contributed by atoms with van der Waals surface area (Å²) in [7, 11) is 3.45. The summed E-state index contributed by atoms with van der Waals surface area (Å²) >= 11 is 1.82. The van der Waals surface area contributed by atoms with Gasteiger partial charge in [0.05, 0.1) is 12.6 Å². The Morgan fingerprint density at radius 3 is 2.77 bits per heavy atom. The lowest BCUT2D eigenvalue weighted by molar-refractivity contribution is 0.143. The van der Waals surface area contributed by atoms with E-state index >= 15 is 0 Å².